The Morgan fingerprint density at radius 2 is 1.89 bits per heavy atom. The van der Waals surface area contributed by atoms with Gasteiger partial charge >= 0.3 is 0 Å². The van der Waals surface area contributed by atoms with Crippen LogP contribution in [0, 0.1) is 5.92 Å². The Kier molecular flexibility index (Phi) is 4.85. The van der Waals surface area contributed by atoms with Gasteiger partial charge in [0, 0.05) is 12.0 Å². The molecule has 2 aliphatic carbocycles. The maximum absolute atomic E-state index is 13.0. The van der Waals surface area contributed by atoms with Crippen molar-refractivity contribution in [3.8, 4) is 11.5 Å². The fourth-order valence-electron chi connectivity index (χ4n) is 3.64. The van der Waals surface area contributed by atoms with Gasteiger partial charge in [0.2, 0.25) is 5.91 Å². The lowest BCUT2D eigenvalue weighted by molar-refractivity contribution is -0.131. The van der Waals surface area contributed by atoms with Crippen LogP contribution in [0.3, 0.4) is 0 Å². The second kappa shape index (κ2) is 7.29. The Labute approximate surface area is 160 Å². The van der Waals surface area contributed by atoms with Crippen molar-refractivity contribution >= 4 is 5.91 Å². The average molecular weight is 369 g/mol. The van der Waals surface area contributed by atoms with Gasteiger partial charge in [-0.3, -0.25) is 4.79 Å². The van der Waals surface area contributed by atoms with Gasteiger partial charge in [0.05, 0.1) is 27.2 Å². The molecule has 0 spiro atoms. The van der Waals surface area contributed by atoms with Gasteiger partial charge in [-0.25, -0.2) is 0 Å². The minimum absolute atomic E-state index is 0.127. The molecule has 1 aromatic carbocycles. The number of carbonyl (C=O) groups excluding carboxylic acids is 1. The molecule has 0 N–H and O–H groups in total. The standard InChI is InChI=1S/C22H27NO4/c1-14-10-18(14)19-9-7-17(27-19)13-23(16-5-6-16)22(24)12-15-4-8-20(25-2)21(11-15)26-3/h4,7-9,11,14,16,18H,5-6,10,12-13H2,1-3H3. The molecule has 2 atom stereocenters. The van der Waals surface area contributed by atoms with Crippen molar-refractivity contribution < 1.29 is 18.7 Å². The van der Waals surface area contributed by atoms with Crippen LogP contribution < -0.4 is 9.47 Å². The van der Waals surface area contributed by atoms with Crippen LogP contribution in [0.5, 0.6) is 11.5 Å². The monoisotopic (exact) mass is 369 g/mol. The van der Waals surface area contributed by atoms with Crippen LogP contribution >= 0.6 is 0 Å². The molecular formula is C22H27NO4. The Balaban J connectivity index is 1.44. The van der Waals surface area contributed by atoms with E-state index in [0.29, 0.717) is 36.4 Å². The lowest BCUT2D eigenvalue weighted by Crippen LogP contribution is -2.33. The average Bonchev–Trinajstić information content (AvgIpc) is 3.59. The second-order valence-electron chi connectivity index (χ2n) is 7.74. The Morgan fingerprint density at radius 1 is 1.15 bits per heavy atom. The molecule has 144 valence electrons. The SMILES string of the molecule is COc1ccc(CC(=O)N(Cc2ccc(C3CC3C)o2)C2CC2)cc1OC. The van der Waals surface area contributed by atoms with Crippen LogP contribution in [0.4, 0.5) is 0 Å². The predicted molar refractivity (Wildman–Crippen MR) is 102 cm³/mol. The van der Waals surface area contributed by atoms with Gasteiger partial charge in [0.15, 0.2) is 11.5 Å². The summed E-state index contributed by atoms with van der Waals surface area (Å²) in [5, 5.41) is 0. The van der Waals surface area contributed by atoms with Crippen molar-refractivity contribution in [1.29, 1.82) is 0 Å². The number of amides is 1. The molecule has 5 nitrogen and oxygen atoms in total. The van der Waals surface area contributed by atoms with Gasteiger partial charge in [0.1, 0.15) is 11.5 Å². The first kappa shape index (κ1) is 18.0. The molecular weight excluding hydrogens is 342 g/mol. The number of rotatable bonds is 8. The van der Waals surface area contributed by atoms with Gasteiger partial charge in [-0.2, -0.15) is 0 Å². The number of ether oxygens (including phenoxy) is 2. The molecule has 1 heterocycles. The van der Waals surface area contributed by atoms with E-state index in [9.17, 15) is 4.79 Å². The number of furan rings is 1. The third-order valence-corrected chi connectivity index (χ3v) is 5.59. The number of nitrogens with zero attached hydrogens (tertiary/aromatic N) is 1. The maximum atomic E-state index is 13.0. The zero-order valence-electron chi connectivity index (χ0n) is 16.2. The second-order valence-corrected chi connectivity index (χ2v) is 7.74. The molecule has 1 aromatic heterocycles. The first-order valence-electron chi connectivity index (χ1n) is 9.68. The van der Waals surface area contributed by atoms with E-state index in [1.54, 1.807) is 14.2 Å². The lowest BCUT2D eigenvalue weighted by atomic mass is 10.1. The number of hydrogen-bond donors (Lipinski definition) is 0. The fourth-order valence-corrected chi connectivity index (χ4v) is 3.64. The van der Waals surface area contributed by atoms with Crippen molar-refractivity contribution in [3.05, 3.63) is 47.4 Å². The molecule has 0 aliphatic heterocycles. The molecule has 0 saturated heterocycles. The van der Waals surface area contributed by atoms with E-state index in [0.717, 1.165) is 35.8 Å². The van der Waals surface area contributed by atoms with Crippen molar-refractivity contribution in [2.75, 3.05) is 14.2 Å². The topological polar surface area (TPSA) is 51.9 Å². The maximum Gasteiger partial charge on any atom is 0.227 e. The zero-order chi connectivity index (χ0) is 19.0. The quantitative estimate of drug-likeness (QED) is 0.701. The summed E-state index contributed by atoms with van der Waals surface area (Å²) in [4.78, 5) is 14.9. The van der Waals surface area contributed by atoms with Crippen LogP contribution in [0.25, 0.3) is 0 Å². The van der Waals surface area contributed by atoms with Crippen molar-refractivity contribution in [2.24, 2.45) is 5.92 Å². The summed E-state index contributed by atoms with van der Waals surface area (Å²) in [6.45, 7) is 2.80. The molecule has 27 heavy (non-hydrogen) atoms. The first-order valence-corrected chi connectivity index (χ1v) is 9.68. The summed E-state index contributed by atoms with van der Waals surface area (Å²) >= 11 is 0. The van der Waals surface area contributed by atoms with Crippen molar-refractivity contribution in [1.82, 2.24) is 4.90 Å². The number of benzene rings is 1. The third kappa shape index (κ3) is 3.97. The van der Waals surface area contributed by atoms with E-state index < -0.39 is 0 Å². The predicted octanol–water partition coefficient (Wildman–Crippen LogP) is 4.15. The molecule has 0 radical (unpaired) electrons. The van der Waals surface area contributed by atoms with Gasteiger partial charge in [-0.1, -0.05) is 13.0 Å². The van der Waals surface area contributed by atoms with Gasteiger partial charge < -0.3 is 18.8 Å². The van der Waals surface area contributed by atoms with Crippen LogP contribution in [0.1, 0.15) is 49.2 Å². The smallest absolute Gasteiger partial charge is 0.227 e. The summed E-state index contributed by atoms with van der Waals surface area (Å²) in [6.07, 6.45) is 3.71. The van der Waals surface area contributed by atoms with E-state index in [4.69, 9.17) is 13.9 Å². The molecule has 2 aliphatic rings. The molecule has 2 fully saturated rings. The number of carbonyl (C=O) groups is 1. The Morgan fingerprint density at radius 3 is 2.52 bits per heavy atom. The van der Waals surface area contributed by atoms with E-state index in [-0.39, 0.29) is 5.91 Å². The highest BCUT2D eigenvalue weighted by Gasteiger charge is 2.37. The first-order chi connectivity index (χ1) is 13.1. The Hall–Kier alpha value is -2.43. The fraction of sp³-hybridized carbons (Fsp3) is 0.500. The highest BCUT2D eigenvalue weighted by atomic mass is 16.5. The zero-order valence-corrected chi connectivity index (χ0v) is 16.2. The van der Waals surface area contributed by atoms with Crippen molar-refractivity contribution in [2.45, 2.75) is 51.1 Å². The highest BCUT2D eigenvalue weighted by molar-refractivity contribution is 5.79. The molecule has 2 unspecified atom stereocenters. The minimum atomic E-state index is 0.127. The van der Waals surface area contributed by atoms with Crippen LogP contribution in [-0.2, 0) is 17.8 Å². The molecule has 2 saturated carbocycles. The molecule has 2 aromatic rings. The third-order valence-electron chi connectivity index (χ3n) is 5.59. The molecule has 1 amide bonds. The van der Waals surface area contributed by atoms with E-state index in [1.807, 2.05) is 29.2 Å². The largest absolute Gasteiger partial charge is 0.493 e. The van der Waals surface area contributed by atoms with Crippen LogP contribution in [-0.4, -0.2) is 31.1 Å². The number of methoxy groups -OCH3 is 2. The Bertz CT molecular complexity index is 823. The van der Waals surface area contributed by atoms with Crippen molar-refractivity contribution in [3.63, 3.8) is 0 Å². The highest BCUT2D eigenvalue weighted by Crippen LogP contribution is 2.47. The minimum Gasteiger partial charge on any atom is -0.493 e. The van der Waals surface area contributed by atoms with Crippen LogP contribution in [0.15, 0.2) is 34.7 Å². The van der Waals surface area contributed by atoms with Gasteiger partial charge in [-0.05, 0) is 55.0 Å². The summed E-state index contributed by atoms with van der Waals surface area (Å²) < 4.78 is 16.6. The summed E-state index contributed by atoms with van der Waals surface area (Å²) in [5.74, 6) is 4.69. The molecule has 5 heteroatoms. The lowest BCUT2D eigenvalue weighted by Gasteiger charge is -2.21. The van der Waals surface area contributed by atoms with Gasteiger partial charge in [-0.15, -0.1) is 0 Å². The van der Waals surface area contributed by atoms with Crippen LogP contribution in [0.2, 0.25) is 0 Å². The normalized spacial score (nSPS) is 21.0. The summed E-state index contributed by atoms with van der Waals surface area (Å²) in [6, 6.07) is 10.1. The van der Waals surface area contributed by atoms with E-state index in [2.05, 4.69) is 13.0 Å². The molecule has 4 rings (SSSR count). The van der Waals surface area contributed by atoms with E-state index in [1.165, 1.54) is 6.42 Å². The summed E-state index contributed by atoms with van der Waals surface area (Å²) in [5.41, 5.74) is 0.926. The number of hydrogen-bond acceptors (Lipinski definition) is 4. The molecule has 0 bridgehead atoms. The summed E-state index contributed by atoms with van der Waals surface area (Å²) in [7, 11) is 3.21. The van der Waals surface area contributed by atoms with E-state index >= 15 is 0 Å². The van der Waals surface area contributed by atoms with Gasteiger partial charge in [0.25, 0.3) is 0 Å².